The summed E-state index contributed by atoms with van der Waals surface area (Å²) in [7, 11) is 0. The second kappa shape index (κ2) is 6.24. The lowest BCUT2D eigenvalue weighted by Crippen LogP contribution is -1.97. The van der Waals surface area contributed by atoms with Gasteiger partial charge in [0.15, 0.2) is 0 Å². The fourth-order valence-corrected chi connectivity index (χ4v) is 2.31. The average Bonchev–Trinajstić information content (AvgIpc) is 2.37. The molecular formula is C15H14BrNO4. The third-order valence-electron chi connectivity index (χ3n) is 3.02. The van der Waals surface area contributed by atoms with E-state index >= 15 is 0 Å². The summed E-state index contributed by atoms with van der Waals surface area (Å²) < 4.78 is 6.57. The summed E-state index contributed by atoms with van der Waals surface area (Å²) in [6, 6.07) is 9.88. The fraction of sp³-hybridized carbons (Fsp3) is 0.200. The molecule has 2 aromatic carbocycles. The van der Waals surface area contributed by atoms with Gasteiger partial charge >= 0.3 is 0 Å². The van der Waals surface area contributed by atoms with E-state index in [2.05, 4.69) is 15.9 Å². The molecule has 0 aliphatic carbocycles. The summed E-state index contributed by atoms with van der Waals surface area (Å²) in [6.45, 7) is 3.30. The molecule has 0 bridgehead atoms. The standard InChI is InChI=1S/C15H14BrNO4/c1-9-7-12(4-6-14(9)17(19)20)21-15-8-11(16)3-5-13(15)10(2)18/h3-8,10,18H,1-2H3. The number of benzene rings is 2. The maximum absolute atomic E-state index is 10.8. The molecule has 1 N–H and O–H groups in total. The van der Waals surface area contributed by atoms with E-state index in [4.69, 9.17) is 4.74 Å². The van der Waals surface area contributed by atoms with Crippen LogP contribution in [-0.2, 0) is 0 Å². The van der Waals surface area contributed by atoms with Crippen LogP contribution in [0.1, 0.15) is 24.2 Å². The van der Waals surface area contributed by atoms with Crippen LogP contribution in [0.4, 0.5) is 5.69 Å². The normalized spacial score (nSPS) is 12.0. The highest BCUT2D eigenvalue weighted by Gasteiger charge is 2.14. The minimum atomic E-state index is -0.674. The van der Waals surface area contributed by atoms with Gasteiger partial charge < -0.3 is 9.84 Å². The van der Waals surface area contributed by atoms with Gasteiger partial charge in [-0.2, -0.15) is 0 Å². The molecule has 1 atom stereocenters. The van der Waals surface area contributed by atoms with Gasteiger partial charge in [0.25, 0.3) is 5.69 Å². The van der Waals surface area contributed by atoms with E-state index in [9.17, 15) is 15.2 Å². The molecule has 1 unspecified atom stereocenters. The summed E-state index contributed by atoms with van der Waals surface area (Å²) in [6.07, 6.45) is -0.674. The molecule has 0 aliphatic heterocycles. The summed E-state index contributed by atoms with van der Waals surface area (Å²) in [4.78, 5) is 10.4. The van der Waals surface area contributed by atoms with Crippen molar-refractivity contribution in [1.82, 2.24) is 0 Å². The molecule has 2 rings (SSSR count). The molecule has 21 heavy (non-hydrogen) atoms. The molecule has 0 saturated heterocycles. The zero-order valence-corrected chi connectivity index (χ0v) is 13.1. The first kappa shape index (κ1) is 15.5. The fourth-order valence-electron chi connectivity index (χ4n) is 1.96. The lowest BCUT2D eigenvalue weighted by Gasteiger charge is -2.14. The lowest BCUT2D eigenvalue weighted by molar-refractivity contribution is -0.385. The number of ether oxygens (including phenoxy) is 1. The summed E-state index contributed by atoms with van der Waals surface area (Å²) in [5.41, 5.74) is 1.22. The number of nitro benzene ring substituents is 1. The van der Waals surface area contributed by atoms with Crippen molar-refractivity contribution in [3.8, 4) is 11.5 Å². The third-order valence-corrected chi connectivity index (χ3v) is 3.51. The van der Waals surface area contributed by atoms with Crippen molar-refractivity contribution in [1.29, 1.82) is 0 Å². The average molecular weight is 352 g/mol. The van der Waals surface area contributed by atoms with Crippen molar-refractivity contribution in [2.75, 3.05) is 0 Å². The molecule has 0 radical (unpaired) electrons. The second-order valence-corrected chi connectivity index (χ2v) is 5.58. The molecular weight excluding hydrogens is 338 g/mol. The molecule has 110 valence electrons. The molecule has 0 heterocycles. The van der Waals surface area contributed by atoms with Crippen LogP contribution >= 0.6 is 15.9 Å². The number of hydrogen-bond donors (Lipinski definition) is 1. The maximum Gasteiger partial charge on any atom is 0.272 e. The quantitative estimate of drug-likeness (QED) is 0.649. The Morgan fingerprint density at radius 3 is 2.57 bits per heavy atom. The highest BCUT2D eigenvalue weighted by atomic mass is 79.9. The highest BCUT2D eigenvalue weighted by Crippen LogP contribution is 2.33. The van der Waals surface area contributed by atoms with Crippen molar-refractivity contribution < 1.29 is 14.8 Å². The molecule has 0 spiro atoms. The first-order valence-corrected chi connectivity index (χ1v) is 7.08. The van der Waals surface area contributed by atoms with Gasteiger partial charge in [-0.25, -0.2) is 0 Å². The van der Waals surface area contributed by atoms with Crippen LogP contribution in [0.15, 0.2) is 40.9 Å². The molecule has 5 nitrogen and oxygen atoms in total. The largest absolute Gasteiger partial charge is 0.457 e. The Morgan fingerprint density at radius 1 is 1.29 bits per heavy atom. The summed E-state index contributed by atoms with van der Waals surface area (Å²) >= 11 is 3.35. The number of aliphatic hydroxyl groups is 1. The van der Waals surface area contributed by atoms with Gasteiger partial charge in [0.1, 0.15) is 11.5 Å². The van der Waals surface area contributed by atoms with Gasteiger partial charge in [-0.3, -0.25) is 10.1 Å². The van der Waals surface area contributed by atoms with E-state index in [1.54, 1.807) is 32.0 Å². The Hall–Kier alpha value is -1.92. The summed E-state index contributed by atoms with van der Waals surface area (Å²) in [5.74, 6) is 0.991. The van der Waals surface area contributed by atoms with Crippen molar-refractivity contribution in [2.45, 2.75) is 20.0 Å². The van der Waals surface area contributed by atoms with E-state index in [0.29, 0.717) is 22.6 Å². The Kier molecular flexibility index (Phi) is 4.59. The van der Waals surface area contributed by atoms with E-state index in [0.717, 1.165) is 4.47 Å². The number of halogens is 1. The van der Waals surface area contributed by atoms with Crippen LogP contribution in [0, 0.1) is 17.0 Å². The van der Waals surface area contributed by atoms with E-state index in [-0.39, 0.29) is 5.69 Å². The zero-order valence-electron chi connectivity index (χ0n) is 11.5. The second-order valence-electron chi connectivity index (χ2n) is 4.67. The molecule has 0 saturated carbocycles. The molecule has 0 aliphatic rings. The monoisotopic (exact) mass is 351 g/mol. The SMILES string of the molecule is Cc1cc(Oc2cc(Br)ccc2C(C)O)ccc1[N+](=O)[O-]. The Balaban J connectivity index is 2.36. The highest BCUT2D eigenvalue weighted by molar-refractivity contribution is 9.10. The Labute approximate surface area is 130 Å². The van der Waals surface area contributed by atoms with Crippen LogP contribution in [-0.4, -0.2) is 10.0 Å². The van der Waals surface area contributed by atoms with Gasteiger partial charge in [0.2, 0.25) is 0 Å². The minimum absolute atomic E-state index is 0.0485. The van der Waals surface area contributed by atoms with Crippen LogP contribution < -0.4 is 4.74 Å². The first-order valence-electron chi connectivity index (χ1n) is 6.29. The van der Waals surface area contributed by atoms with Crippen LogP contribution in [0.3, 0.4) is 0 Å². The van der Waals surface area contributed by atoms with E-state index in [1.807, 2.05) is 6.07 Å². The summed E-state index contributed by atoms with van der Waals surface area (Å²) in [5, 5.41) is 20.6. The van der Waals surface area contributed by atoms with Crippen molar-refractivity contribution >= 4 is 21.6 Å². The predicted molar refractivity (Wildman–Crippen MR) is 82.7 cm³/mol. The van der Waals surface area contributed by atoms with Gasteiger partial charge in [-0.15, -0.1) is 0 Å². The van der Waals surface area contributed by atoms with Crippen LogP contribution in [0.25, 0.3) is 0 Å². The van der Waals surface area contributed by atoms with Crippen molar-refractivity contribution in [2.24, 2.45) is 0 Å². The number of rotatable bonds is 4. The zero-order chi connectivity index (χ0) is 15.6. The predicted octanol–water partition coefficient (Wildman–Crippen LogP) is 4.51. The molecule has 6 heteroatoms. The molecule has 0 amide bonds. The van der Waals surface area contributed by atoms with Crippen LogP contribution in [0.5, 0.6) is 11.5 Å². The molecule has 0 fully saturated rings. The Morgan fingerprint density at radius 2 is 2.00 bits per heavy atom. The van der Waals surface area contributed by atoms with Gasteiger partial charge in [-0.1, -0.05) is 22.0 Å². The number of hydrogen-bond acceptors (Lipinski definition) is 4. The van der Waals surface area contributed by atoms with Crippen LogP contribution in [0.2, 0.25) is 0 Å². The minimum Gasteiger partial charge on any atom is -0.457 e. The third kappa shape index (κ3) is 3.59. The Bertz CT molecular complexity index is 685. The van der Waals surface area contributed by atoms with Gasteiger partial charge in [0.05, 0.1) is 11.0 Å². The van der Waals surface area contributed by atoms with E-state index < -0.39 is 11.0 Å². The molecule has 2 aromatic rings. The maximum atomic E-state index is 10.8. The lowest BCUT2D eigenvalue weighted by atomic mass is 10.1. The number of nitrogens with zero attached hydrogens (tertiary/aromatic N) is 1. The number of aryl methyl sites for hydroxylation is 1. The topological polar surface area (TPSA) is 72.6 Å². The van der Waals surface area contributed by atoms with Crippen molar-refractivity contribution in [3.05, 3.63) is 62.1 Å². The number of nitro groups is 1. The molecule has 0 aromatic heterocycles. The van der Waals surface area contributed by atoms with Gasteiger partial charge in [0, 0.05) is 21.7 Å². The number of aliphatic hydroxyl groups excluding tert-OH is 1. The van der Waals surface area contributed by atoms with Gasteiger partial charge in [-0.05, 0) is 38.1 Å². The van der Waals surface area contributed by atoms with Crippen molar-refractivity contribution in [3.63, 3.8) is 0 Å². The van der Waals surface area contributed by atoms with E-state index in [1.165, 1.54) is 12.1 Å². The smallest absolute Gasteiger partial charge is 0.272 e. The first-order chi connectivity index (χ1) is 9.88.